The topological polar surface area (TPSA) is 78.0 Å². The fraction of sp³-hybridized carbons (Fsp3) is 0.619. The van der Waals surface area contributed by atoms with Gasteiger partial charge in [0.1, 0.15) is 5.75 Å². The van der Waals surface area contributed by atoms with Crippen molar-refractivity contribution in [1.29, 1.82) is 0 Å². The molecule has 0 atom stereocenters. The average Bonchev–Trinajstić information content (AvgIpc) is 3.01. The van der Waals surface area contributed by atoms with Crippen LogP contribution < -0.4 is 20.7 Å². The van der Waals surface area contributed by atoms with Crippen LogP contribution in [0.5, 0.6) is 5.75 Å². The Morgan fingerprint density at radius 2 is 1.79 bits per heavy atom. The maximum atomic E-state index is 12.2. The lowest BCUT2D eigenvalue weighted by atomic mass is 10.2. The van der Waals surface area contributed by atoms with E-state index in [9.17, 15) is 4.79 Å². The summed E-state index contributed by atoms with van der Waals surface area (Å²) in [7, 11) is 3.35. The van der Waals surface area contributed by atoms with Crippen LogP contribution in [-0.2, 0) is 0 Å². The van der Waals surface area contributed by atoms with Gasteiger partial charge in [0.05, 0.1) is 7.11 Å². The Morgan fingerprint density at radius 3 is 2.50 bits per heavy atom. The fourth-order valence-electron chi connectivity index (χ4n) is 3.31. The van der Waals surface area contributed by atoms with E-state index in [-0.39, 0.29) is 5.91 Å². The lowest BCUT2D eigenvalue weighted by Crippen LogP contribution is -2.42. The zero-order chi connectivity index (χ0) is 20.0. The van der Waals surface area contributed by atoms with Crippen molar-refractivity contribution in [2.45, 2.75) is 32.1 Å². The maximum absolute atomic E-state index is 12.2. The lowest BCUT2D eigenvalue weighted by molar-refractivity contribution is 0.0954. The van der Waals surface area contributed by atoms with Gasteiger partial charge >= 0.3 is 0 Å². The van der Waals surface area contributed by atoms with E-state index < -0.39 is 0 Å². The second-order valence-corrected chi connectivity index (χ2v) is 7.02. The fourth-order valence-corrected chi connectivity index (χ4v) is 3.31. The molecule has 0 bridgehead atoms. The largest absolute Gasteiger partial charge is 0.497 e. The normalized spacial score (nSPS) is 15.6. The molecular formula is C21H35N5O2. The van der Waals surface area contributed by atoms with Crippen molar-refractivity contribution in [1.82, 2.24) is 20.9 Å². The summed E-state index contributed by atoms with van der Waals surface area (Å²) in [5, 5.41) is 9.48. The molecule has 0 aromatic heterocycles. The highest BCUT2D eigenvalue weighted by Gasteiger charge is 2.08. The third-order valence-corrected chi connectivity index (χ3v) is 4.90. The molecule has 0 spiro atoms. The van der Waals surface area contributed by atoms with Crippen LogP contribution in [0, 0.1) is 0 Å². The molecule has 1 aromatic carbocycles. The van der Waals surface area contributed by atoms with Gasteiger partial charge in [0.2, 0.25) is 0 Å². The molecule has 7 heteroatoms. The first-order valence-electron chi connectivity index (χ1n) is 10.3. The summed E-state index contributed by atoms with van der Waals surface area (Å²) in [5.74, 6) is 1.34. The van der Waals surface area contributed by atoms with Gasteiger partial charge in [-0.2, -0.15) is 0 Å². The number of nitrogens with zero attached hydrogens (tertiary/aromatic N) is 2. The highest BCUT2D eigenvalue weighted by molar-refractivity contribution is 5.94. The van der Waals surface area contributed by atoms with Gasteiger partial charge in [-0.25, -0.2) is 0 Å². The standard InChI is InChI=1S/C21H35N5O2/c1-22-21(24-11-8-16-26-14-5-3-4-6-15-26)25-13-12-23-20(27)18-9-7-10-19(17-18)28-2/h7,9-10,17H,3-6,8,11-16H2,1-2H3,(H,23,27)(H2,22,24,25). The van der Waals surface area contributed by atoms with Crippen molar-refractivity contribution in [2.75, 3.05) is 53.4 Å². The van der Waals surface area contributed by atoms with E-state index in [1.54, 1.807) is 26.3 Å². The molecule has 1 aliphatic rings. The summed E-state index contributed by atoms with van der Waals surface area (Å²) in [6.45, 7) is 5.64. The van der Waals surface area contributed by atoms with Gasteiger partial charge in [-0.3, -0.25) is 9.79 Å². The molecule has 1 amide bonds. The number of aliphatic imine (C=N–C) groups is 1. The van der Waals surface area contributed by atoms with Gasteiger partial charge in [0.25, 0.3) is 5.91 Å². The van der Waals surface area contributed by atoms with Crippen LogP contribution in [0.15, 0.2) is 29.3 Å². The van der Waals surface area contributed by atoms with Crippen molar-refractivity contribution in [2.24, 2.45) is 4.99 Å². The summed E-state index contributed by atoms with van der Waals surface area (Å²) in [6, 6.07) is 7.13. The molecule has 1 aliphatic heterocycles. The molecule has 1 aromatic rings. The van der Waals surface area contributed by atoms with E-state index in [0.29, 0.717) is 24.4 Å². The average molecular weight is 390 g/mol. The highest BCUT2D eigenvalue weighted by atomic mass is 16.5. The van der Waals surface area contributed by atoms with Gasteiger partial charge in [-0.1, -0.05) is 18.9 Å². The zero-order valence-corrected chi connectivity index (χ0v) is 17.3. The molecule has 3 N–H and O–H groups in total. The Morgan fingerprint density at radius 1 is 1.07 bits per heavy atom. The van der Waals surface area contributed by atoms with Crippen molar-refractivity contribution in [3.8, 4) is 5.75 Å². The maximum Gasteiger partial charge on any atom is 0.251 e. The number of ether oxygens (including phenoxy) is 1. The Bertz CT molecular complexity index is 613. The molecular weight excluding hydrogens is 354 g/mol. The van der Waals surface area contributed by atoms with Crippen molar-refractivity contribution >= 4 is 11.9 Å². The van der Waals surface area contributed by atoms with Gasteiger partial charge in [0, 0.05) is 32.2 Å². The summed E-state index contributed by atoms with van der Waals surface area (Å²) in [5.41, 5.74) is 0.593. The number of methoxy groups -OCH3 is 1. The molecule has 2 rings (SSSR count). The molecule has 1 fully saturated rings. The number of nitrogens with one attached hydrogen (secondary N) is 3. The summed E-state index contributed by atoms with van der Waals surface area (Å²) in [4.78, 5) is 19.0. The van der Waals surface area contributed by atoms with E-state index in [1.807, 2.05) is 12.1 Å². The van der Waals surface area contributed by atoms with Crippen LogP contribution in [0.2, 0.25) is 0 Å². The number of benzene rings is 1. The molecule has 28 heavy (non-hydrogen) atoms. The molecule has 7 nitrogen and oxygen atoms in total. The summed E-state index contributed by atoms with van der Waals surface area (Å²) in [6.07, 6.45) is 6.52. The summed E-state index contributed by atoms with van der Waals surface area (Å²) < 4.78 is 5.15. The number of likely N-dealkylation sites (tertiary alicyclic amines) is 1. The Hall–Kier alpha value is -2.28. The number of carbonyl (C=O) groups excluding carboxylic acids is 1. The molecule has 1 heterocycles. The van der Waals surface area contributed by atoms with Crippen molar-refractivity contribution in [3.63, 3.8) is 0 Å². The Balaban J connectivity index is 1.58. The predicted octanol–water partition coefficient (Wildman–Crippen LogP) is 1.86. The first-order valence-corrected chi connectivity index (χ1v) is 10.3. The van der Waals surface area contributed by atoms with Crippen LogP contribution in [-0.4, -0.2) is 70.2 Å². The summed E-state index contributed by atoms with van der Waals surface area (Å²) >= 11 is 0. The highest BCUT2D eigenvalue weighted by Crippen LogP contribution is 2.12. The number of rotatable bonds is 9. The minimum atomic E-state index is -0.110. The Kier molecular flexibility index (Phi) is 10.2. The smallest absolute Gasteiger partial charge is 0.251 e. The predicted molar refractivity (Wildman–Crippen MR) is 114 cm³/mol. The third-order valence-electron chi connectivity index (χ3n) is 4.90. The van der Waals surface area contributed by atoms with Crippen LogP contribution >= 0.6 is 0 Å². The molecule has 0 unspecified atom stereocenters. The van der Waals surface area contributed by atoms with Crippen molar-refractivity contribution in [3.05, 3.63) is 29.8 Å². The van der Waals surface area contributed by atoms with Gasteiger partial charge in [0.15, 0.2) is 5.96 Å². The monoisotopic (exact) mass is 389 g/mol. The van der Waals surface area contributed by atoms with Crippen LogP contribution in [0.4, 0.5) is 0 Å². The minimum absolute atomic E-state index is 0.110. The number of carbonyl (C=O) groups is 1. The molecule has 0 saturated carbocycles. The number of guanidine groups is 1. The third kappa shape index (κ3) is 8.17. The second-order valence-electron chi connectivity index (χ2n) is 7.02. The van der Waals surface area contributed by atoms with Crippen LogP contribution in [0.1, 0.15) is 42.5 Å². The van der Waals surface area contributed by atoms with E-state index >= 15 is 0 Å². The number of amides is 1. The van der Waals surface area contributed by atoms with Crippen LogP contribution in [0.25, 0.3) is 0 Å². The molecule has 156 valence electrons. The molecule has 0 aliphatic carbocycles. The van der Waals surface area contributed by atoms with Gasteiger partial charge < -0.3 is 25.6 Å². The first kappa shape index (κ1) is 22.0. The molecule has 1 saturated heterocycles. The van der Waals surface area contributed by atoms with E-state index in [0.717, 1.165) is 25.5 Å². The quantitative estimate of drug-likeness (QED) is 0.341. The zero-order valence-electron chi connectivity index (χ0n) is 17.3. The SMILES string of the molecule is CN=C(NCCCN1CCCCCC1)NCCNC(=O)c1cccc(OC)c1. The van der Waals surface area contributed by atoms with Crippen molar-refractivity contribution < 1.29 is 9.53 Å². The van der Waals surface area contributed by atoms with Crippen LogP contribution in [0.3, 0.4) is 0 Å². The van der Waals surface area contributed by atoms with E-state index in [4.69, 9.17) is 4.74 Å². The molecule has 0 radical (unpaired) electrons. The lowest BCUT2D eigenvalue weighted by Gasteiger charge is -2.20. The number of hydrogen-bond acceptors (Lipinski definition) is 4. The minimum Gasteiger partial charge on any atom is -0.497 e. The Labute approximate surface area is 168 Å². The van der Waals surface area contributed by atoms with E-state index in [2.05, 4.69) is 25.8 Å². The van der Waals surface area contributed by atoms with Gasteiger partial charge in [-0.15, -0.1) is 0 Å². The second kappa shape index (κ2) is 13.0. The van der Waals surface area contributed by atoms with Gasteiger partial charge in [-0.05, 0) is 57.1 Å². The number of hydrogen-bond donors (Lipinski definition) is 3. The van der Waals surface area contributed by atoms with E-state index in [1.165, 1.54) is 38.8 Å². The first-order chi connectivity index (χ1) is 13.7.